The van der Waals surface area contributed by atoms with Gasteiger partial charge < -0.3 is 10.4 Å². The minimum atomic E-state index is -0.408. The van der Waals surface area contributed by atoms with E-state index in [-0.39, 0.29) is 0 Å². The van der Waals surface area contributed by atoms with E-state index in [1.165, 1.54) is 25.7 Å². The van der Waals surface area contributed by atoms with E-state index >= 15 is 0 Å². The molecule has 1 saturated carbocycles. The highest BCUT2D eigenvalue weighted by atomic mass is 32.2. The summed E-state index contributed by atoms with van der Waals surface area (Å²) >= 11 is 1.85. The minimum absolute atomic E-state index is 0.408. The standard InChI is InChI=1S/C11H23NOS/c1-14-9-8-12-10-11(13)6-4-2-3-5-7-11/h12-13H,2-10H2,1H3. The number of aliphatic hydroxyl groups is 1. The van der Waals surface area contributed by atoms with Gasteiger partial charge in [0.1, 0.15) is 0 Å². The van der Waals surface area contributed by atoms with Crippen molar-refractivity contribution in [3.05, 3.63) is 0 Å². The molecule has 0 unspecified atom stereocenters. The first-order chi connectivity index (χ1) is 6.77. The van der Waals surface area contributed by atoms with Crippen molar-refractivity contribution in [3.63, 3.8) is 0 Å². The zero-order valence-electron chi connectivity index (χ0n) is 9.22. The number of rotatable bonds is 5. The molecule has 14 heavy (non-hydrogen) atoms. The maximum absolute atomic E-state index is 10.3. The molecular formula is C11H23NOS. The van der Waals surface area contributed by atoms with Gasteiger partial charge in [-0.2, -0.15) is 11.8 Å². The molecule has 0 aliphatic heterocycles. The quantitative estimate of drug-likeness (QED) is 0.546. The molecule has 0 aromatic carbocycles. The van der Waals surface area contributed by atoms with Crippen LogP contribution in [0.25, 0.3) is 0 Å². The lowest BCUT2D eigenvalue weighted by molar-refractivity contribution is 0.0259. The predicted molar refractivity (Wildman–Crippen MR) is 63.9 cm³/mol. The second-order valence-electron chi connectivity index (χ2n) is 4.31. The van der Waals surface area contributed by atoms with Gasteiger partial charge in [-0.1, -0.05) is 25.7 Å². The van der Waals surface area contributed by atoms with E-state index < -0.39 is 5.60 Å². The van der Waals surface area contributed by atoms with Crippen molar-refractivity contribution in [3.8, 4) is 0 Å². The summed E-state index contributed by atoms with van der Waals surface area (Å²) in [6.45, 7) is 1.80. The van der Waals surface area contributed by atoms with Gasteiger partial charge in [-0.25, -0.2) is 0 Å². The molecular weight excluding hydrogens is 194 g/mol. The van der Waals surface area contributed by atoms with Gasteiger partial charge in [0.15, 0.2) is 0 Å². The van der Waals surface area contributed by atoms with Crippen LogP contribution in [-0.2, 0) is 0 Å². The van der Waals surface area contributed by atoms with E-state index in [4.69, 9.17) is 0 Å². The fourth-order valence-electron chi connectivity index (χ4n) is 2.06. The summed E-state index contributed by atoms with van der Waals surface area (Å²) in [4.78, 5) is 0. The third-order valence-electron chi connectivity index (χ3n) is 2.97. The molecule has 1 fully saturated rings. The second-order valence-corrected chi connectivity index (χ2v) is 5.29. The molecule has 3 heteroatoms. The monoisotopic (exact) mass is 217 g/mol. The van der Waals surface area contributed by atoms with Crippen LogP contribution in [0.3, 0.4) is 0 Å². The smallest absolute Gasteiger partial charge is 0.0771 e. The van der Waals surface area contributed by atoms with Crippen LogP contribution in [0.1, 0.15) is 38.5 Å². The molecule has 0 aromatic rings. The molecule has 1 aliphatic carbocycles. The lowest BCUT2D eigenvalue weighted by atomic mass is 9.94. The van der Waals surface area contributed by atoms with Gasteiger partial charge in [0.2, 0.25) is 0 Å². The lowest BCUT2D eigenvalue weighted by Crippen LogP contribution is -2.40. The van der Waals surface area contributed by atoms with Crippen LogP contribution in [0, 0.1) is 0 Å². The topological polar surface area (TPSA) is 32.3 Å². The van der Waals surface area contributed by atoms with Gasteiger partial charge in [-0.15, -0.1) is 0 Å². The maximum Gasteiger partial charge on any atom is 0.0771 e. The Morgan fingerprint density at radius 3 is 2.43 bits per heavy atom. The van der Waals surface area contributed by atoms with Gasteiger partial charge in [-0.3, -0.25) is 0 Å². The normalized spacial score (nSPS) is 21.9. The average molecular weight is 217 g/mol. The van der Waals surface area contributed by atoms with Crippen molar-refractivity contribution in [1.82, 2.24) is 5.32 Å². The summed E-state index contributed by atoms with van der Waals surface area (Å²) < 4.78 is 0. The molecule has 0 spiro atoms. The zero-order chi connectivity index (χ0) is 10.3. The molecule has 0 heterocycles. The highest BCUT2D eigenvalue weighted by Gasteiger charge is 2.26. The minimum Gasteiger partial charge on any atom is -0.389 e. The van der Waals surface area contributed by atoms with Crippen molar-refractivity contribution in [2.24, 2.45) is 0 Å². The Bertz CT molecular complexity index is 144. The first kappa shape index (κ1) is 12.3. The third kappa shape index (κ3) is 4.67. The Balaban J connectivity index is 2.17. The highest BCUT2D eigenvalue weighted by Crippen LogP contribution is 2.26. The number of hydrogen-bond acceptors (Lipinski definition) is 3. The summed E-state index contributed by atoms with van der Waals surface area (Å²) in [6, 6.07) is 0. The molecule has 0 aromatic heterocycles. The summed E-state index contributed by atoms with van der Waals surface area (Å²) in [5.41, 5.74) is -0.408. The molecule has 84 valence electrons. The van der Waals surface area contributed by atoms with Crippen LogP contribution in [0.2, 0.25) is 0 Å². The van der Waals surface area contributed by atoms with Crippen LogP contribution < -0.4 is 5.32 Å². The summed E-state index contributed by atoms with van der Waals surface area (Å²) in [7, 11) is 0. The summed E-state index contributed by atoms with van der Waals surface area (Å²) in [5.74, 6) is 1.14. The van der Waals surface area contributed by atoms with Gasteiger partial charge in [0.25, 0.3) is 0 Å². The lowest BCUT2D eigenvalue weighted by Gasteiger charge is -2.26. The van der Waals surface area contributed by atoms with E-state index in [1.54, 1.807) is 0 Å². The Hall–Kier alpha value is 0.270. The number of nitrogens with one attached hydrogen (secondary N) is 1. The summed E-state index contributed by atoms with van der Waals surface area (Å²) in [6.07, 6.45) is 9.07. The molecule has 2 nitrogen and oxygen atoms in total. The van der Waals surface area contributed by atoms with Gasteiger partial charge in [0.05, 0.1) is 5.60 Å². The molecule has 1 aliphatic rings. The SMILES string of the molecule is CSCCNCC1(O)CCCCCC1. The largest absolute Gasteiger partial charge is 0.389 e. The number of thioether (sulfide) groups is 1. The second kappa shape index (κ2) is 6.70. The van der Waals surface area contributed by atoms with Crippen molar-refractivity contribution < 1.29 is 5.11 Å². The van der Waals surface area contributed by atoms with Crippen molar-refractivity contribution in [2.45, 2.75) is 44.1 Å². The molecule has 1 rings (SSSR count). The maximum atomic E-state index is 10.3. The average Bonchev–Trinajstić information content (AvgIpc) is 2.39. The fourth-order valence-corrected chi connectivity index (χ4v) is 2.41. The van der Waals surface area contributed by atoms with Gasteiger partial charge in [0, 0.05) is 18.8 Å². The molecule has 0 amide bonds. The van der Waals surface area contributed by atoms with Crippen LogP contribution in [0.4, 0.5) is 0 Å². The predicted octanol–water partition coefficient (Wildman–Crippen LogP) is 2.02. The number of hydrogen-bond donors (Lipinski definition) is 2. The molecule has 2 N–H and O–H groups in total. The Morgan fingerprint density at radius 2 is 1.86 bits per heavy atom. The van der Waals surface area contributed by atoms with E-state index in [0.717, 1.165) is 31.7 Å². The highest BCUT2D eigenvalue weighted by molar-refractivity contribution is 7.98. The van der Waals surface area contributed by atoms with E-state index in [2.05, 4.69) is 11.6 Å². The molecule has 0 atom stereocenters. The Labute approximate surface area is 91.9 Å². The van der Waals surface area contributed by atoms with Crippen LogP contribution in [-0.4, -0.2) is 35.8 Å². The molecule has 0 saturated heterocycles. The van der Waals surface area contributed by atoms with Gasteiger partial charge >= 0.3 is 0 Å². The fraction of sp³-hybridized carbons (Fsp3) is 1.00. The first-order valence-electron chi connectivity index (χ1n) is 5.69. The third-order valence-corrected chi connectivity index (χ3v) is 3.58. The van der Waals surface area contributed by atoms with Gasteiger partial charge in [-0.05, 0) is 19.1 Å². The first-order valence-corrected chi connectivity index (χ1v) is 7.08. The van der Waals surface area contributed by atoms with E-state index in [9.17, 15) is 5.11 Å². The van der Waals surface area contributed by atoms with Crippen molar-refractivity contribution >= 4 is 11.8 Å². The Kier molecular flexibility index (Phi) is 5.90. The van der Waals surface area contributed by atoms with Crippen LogP contribution >= 0.6 is 11.8 Å². The summed E-state index contributed by atoms with van der Waals surface area (Å²) in [5, 5.41) is 13.6. The van der Waals surface area contributed by atoms with Crippen LogP contribution in [0.15, 0.2) is 0 Å². The van der Waals surface area contributed by atoms with Crippen molar-refractivity contribution in [2.75, 3.05) is 25.1 Å². The molecule has 0 radical (unpaired) electrons. The Morgan fingerprint density at radius 1 is 1.21 bits per heavy atom. The van der Waals surface area contributed by atoms with Crippen molar-refractivity contribution in [1.29, 1.82) is 0 Å². The zero-order valence-corrected chi connectivity index (χ0v) is 10.0. The van der Waals surface area contributed by atoms with E-state index in [0.29, 0.717) is 0 Å². The molecule has 0 bridgehead atoms. The van der Waals surface area contributed by atoms with E-state index in [1.807, 2.05) is 11.8 Å². The van der Waals surface area contributed by atoms with Crippen LogP contribution in [0.5, 0.6) is 0 Å².